The van der Waals surface area contributed by atoms with E-state index in [1.54, 1.807) is 0 Å². The quantitative estimate of drug-likeness (QED) is 0.670. The molecule has 1 N–H and O–H groups in total. The molecule has 0 amide bonds. The number of rotatable bonds is 3. The number of hydrazine groups is 1. The van der Waals surface area contributed by atoms with Crippen molar-refractivity contribution in [3.05, 3.63) is 29.3 Å². The van der Waals surface area contributed by atoms with Crippen molar-refractivity contribution in [3.8, 4) is 0 Å². The second kappa shape index (κ2) is 6.52. The first-order valence-corrected chi connectivity index (χ1v) is 9.48. The Balaban J connectivity index is 2.15. The lowest BCUT2D eigenvalue weighted by Gasteiger charge is -2.36. The Hall–Kier alpha value is -1.18. The summed E-state index contributed by atoms with van der Waals surface area (Å²) in [5, 5.41) is 7.45. The van der Waals surface area contributed by atoms with Gasteiger partial charge in [0.1, 0.15) is 0 Å². The smallest absolute Gasteiger partial charge is 0.188 e. The van der Waals surface area contributed by atoms with Crippen LogP contribution in [0.15, 0.2) is 18.2 Å². The van der Waals surface area contributed by atoms with Crippen LogP contribution < -0.4 is 5.32 Å². The van der Waals surface area contributed by atoms with E-state index in [1.165, 1.54) is 11.1 Å². The molecule has 5 nitrogen and oxygen atoms in total. The van der Waals surface area contributed by atoms with Gasteiger partial charge >= 0.3 is 0 Å². The van der Waals surface area contributed by atoms with Crippen LogP contribution in [-0.2, 0) is 9.84 Å². The summed E-state index contributed by atoms with van der Waals surface area (Å²) in [4.78, 5) is 0. The summed E-state index contributed by atoms with van der Waals surface area (Å²) in [6.45, 7) is 4.11. The van der Waals surface area contributed by atoms with Crippen molar-refractivity contribution < 1.29 is 8.42 Å². The van der Waals surface area contributed by atoms with Gasteiger partial charge in [-0.1, -0.05) is 6.07 Å². The summed E-state index contributed by atoms with van der Waals surface area (Å²) >= 11 is 5.50. The standard InChI is InChI=1S/C15H23N3O2S2/c1-11-5-6-13(9-12(11)2)16-15(21)18(17(3)4)14-7-8-22(19,20)10-14/h5-6,9,14H,7-8,10H2,1-4H3,(H,16,21)/t14-/m1/s1. The Morgan fingerprint density at radius 1 is 1.27 bits per heavy atom. The Kier molecular flexibility index (Phi) is 5.09. The minimum atomic E-state index is -2.95. The molecule has 0 unspecified atom stereocenters. The van der Waals surface area contributed by atoms with Crippen LogP contribution in [0, 0.1) is 13.8 Å². The summed E-state index contributed by atoms with van der Waals surface area (Å²) in [5.74, 6) is 0.383. The number of aryl methyl sites for hydroxylation is 2. The Morgan fingerprint density at radius 3 is 2.45 bits per heavy atom. The zero-order valence-electron chi connectivity index (χ0n) is 13.5. The van der Waals surface area contributed by atoms with Crippen molar-refractivity contribution in [2.24, 2.45) is 0 Å². The van der Waals surface area contributed by atoms with Gasteiger partial charge < -0.3 is 5.32 Å². The molecular formula is C15H23N3O2S2. The third-order valence-corrected chi connectivity index (χ3v) is 5.99. The zero-order valence-corrected chi connectivity index (χ0v) is 15.1. The minimum Gasteiger partial charge on any atom is -0.332 e. The van der Waals surface area contributed by atoms with E-state index in [9.17, 15) is 8.42 Å². The van der Waals surface area contributed by atoms with E-state index in [-0.39, 0.29) is 17.5 Å². The highest BCUT2D eigenvalue weighted by molar-refractivity contribution is 7.91. The van der Waals surface area contributed by atoms with Crippen LogP contribution in [0.2, 0.25) is 0 Å². The third kappa shape index (κ3) is 3.97. The number of hydrogen-bond acceptors (Lipinski definition) is 4. The molecule has 1 fully saturated rings. The Bertz CT molecular complexity index is 671. The van der Waals surface area contributed by atoms with E-state index >= 15 is 0 Å². The second-order valence-corrected chi connectivity index (χ2v) is 8.59. The predicted octanol–water partition coefficient (Wildman–Crippen LogP) is 1.97. The largest absolute Gasteiger partial charge is 0.332 e. The Labute approximate surface area is 138 Å². The molecule has 7 heteroatoms. The van der Waals surface area contributed by atoms with E-state index in [0.29, 0.717) is 11.5 Å². The van der Waals surface area contributed by atoms with Gasteiger partial charge in [-0.3, -0.25) is 5.01 Å². The van der Waals surface area contributed by atoms with Gasteiger partial charge in [-0.2, -0.15) is 0 Å². The van der Waals surface area contributed by atoms with Crippen LogP contribution in [0.1, 0.15) is 17.5 Å². The molecule has 22 heavy (non-hydrogen) atoms. The molecule has 1 saturated heterocycles. The minimum absolute atomic E-state index is 0.105. The van der Waals surface area contributed by atoms with Gasteiger partial charge in [0.2, 0.25) is 0 Å². The Morgan fingerprint density at radius 2 is 1.95 bits per heavy atom. The lowest BCUT2D eigenvalue weighted by molar-refractivity contribution is 0.0757. The topological polar surface area (TPSA) is 52.7 Å². The first-order chi connectivity index (χ1) is 10.2. The molecule has 1 aromatic rings. The van der Waals surface area contributed by atoms with Gasteiger partial charge in [0, 0.05) is 19.8 Å². The fraction of sp³-hybridized carbons (Fsp3) is 0.533. The first-order valence-electron chi connectivity index (χ1n) is 7.25. The van der Waals surface area contributed by atoms with Crippen LogP contribution in [0.5, 0.6) is 0 Å². The molecular weight excluding hydrogens is 318 g/mol. The molecule has 2 rings (SSSR count). The average Bonchev–Trinajstić information content (AvgIpc) is 2.73. The van der Waals surface area contributed by atoms with Crippen LogP contribution >= 0.6 is 12.2 Å². The van der Waals surface area contributed by atoms with E-state index in [1.807, 2.05) is 42.3 Å². The van der Waals surface area contributed by atoms with Crippen molar-refractivity contribution in [2.45, 2.75) is 26.3 Å². The van der Waals surface area contributed by atoms with E-state index in [4.69, 9.17) is 12.2 Å². The van der Waals surface area contributed by atoms with Gasteiger partial charge in [0.15, 0.2) is 14.9 Å². The molecule has 122 valence electrons. The normalized spacial score (nSPS) is 20.1. The van der Waals surface area contributed by atoms with Gasteiger partial charge in [-0.15, -0.1) is 0 Å². The zero-order chi connectivity index (χ0) is 16.5. The number of thiocarbonyl (C=S) groups is 1. The van der Waals surface area contributed by atoms with Crippen LogP contribution in [0.25, 0.3) is 0 Å². The second-order valence-electron chi connectivity index (χ2n) is 5.98. The molecule has 0 aromatic heterocycles. The summed E-state index contributed by atoms with van der Waals surface area (Å²) in [5.41, 5.74) is 3.33. The number of benzene rings is 1. The molecule has 1 aromatic carbocycles. The molecule has 0 aliphatic carbocycles. The number of nitrogens with one attached hydrogen (secondary N) is 1. The van der Waals surface area contributed by atoms with Gasteiger partial charge in [0.25, 0.3) is 0 Å². The molecule has 1 aliphatic rings. The van der Waals surface area contributed by atoms with Crippen molar-refractivity contribution in [3.63, 3.8) is 0 Å². The highest BCUT2D eigenvalue weighted by Crippen LogP contribution is 2.21. The fourth-order valence-corrected chi connectivity index (χ4v) is 4.76. The highest BCUT2D eigenvalue weighted by Gasteiger charge is 2.34. The number of nitrogens with zero attached hydrogens (tertiary/aromatic N) is 2. The van der Waals surface area contributed by atoms with E-state index < -0.39 is 9.84 Å². The fourth-order valence-electron chi connectivity index (χ4n) is 2.64. The lowest BCUT2D eigenvalue weighted by Crippen LogP contribution is -2.51. The maximum absolute atomic E-state index is 11.7. The van der Waals surface area contributed by atoms with Gasteiger partial charge in [0.05, 0.1) is 17.5 Å². The summed E-state index contributed by atoms with van der Waals surface area (Å²) in [6.07, 6.45) is 0.606. The summed E-state index contributed by atoms with van der Waals surface area (Å²) in [7, 11) is 0.800. The lowest BCUT2D eigenvalue weighted by atomic mass is 10.1. The molecule has 1 aliphatic heterocycles. The maximum Gasteiger partial charge on any atom is 0.188 e. The van der Waals surface area contributed by atoms with Crippen LogP contribution in [-0.4, -0.2) is 55.2 Å². The van der Waals surface area contributed by atoms with E-state index in [2.05, 4.69) is 19.2 Å². The number of anilines is 1. The van der Waals surface area contributed by atoms with Gasteiger partial charge in [-0.25, -0.2) is 13.4 Å². The molecule has 1 heterocycles. The van der Waals surface area contributed by atoms with Crippen LogP contribution in [0.3, 0.4) is 0 Å². The average molecular weight is 342 g/mol. The third-order valence-electron chi connectivity index (χ3n) is 3.95. The first kappa shape index (κ1) is 17.2. The monoisotopic (exact) mass is 341 g/mol. The van der Waals surface area contributed by atoms with Crippen molar-refractivity contribution >= 4 is 32.9 Å². The molecule has 0 radical (unpaired) electrons. The summed E-state index contributed by atoms with van der Waals surface area (Å²) < 4.78 is 23.4. The van der Waals surface area contributed by atoms with Crippen molar-refractivity contribution in [2.75, 3.05) is 30.9 Å². The number of hydrogen-bond donors (Lipinski definition) is 1. The summed E-state index contributed by atoms with van der Waals surface area (Å²) in [6, 6.07) is 5.96. The van der Waals surface area contributed by atoms with Crippen molar-refractivity contribution in [1.29, 1.82) is 0 Å². The highest BCUT2D eigenvalue weighted by atomic mass is 32.2. The molecule has 0 saturated carbocycles. The maximum atomic E-state index is 11.7. The van der Waals surface area contributed by atoms with Gasteiger partial charge in [-0.05, 0) is 55.7 Å². The predicted molar refractivity (Wildman–Crippen MR) is 94.7 cm³/mol. The van der Waals surface area contributed by atoms with Crippen molar-refractivity contribution in [1.82, 2.24) is 10.0 Å². The molecule has 0 bridgehead atoms. The van der Waals surface area contributed by atoms with Crippen LogP contribution in [0.4, 0.5) is 5.69 Å². The van der Waals surface area contributed by atoms with E-state index in [0.717, 1.165) is 5.69 Å². The number of sulfone groups is 1. The molecule has 1 atom stereocenters. The molecule has 0 spiro atoms. The SMILES string of the molecule is Cc1ccc(NC(=S)N([C@@H]2CCS(=O)(=O)C2)N(C)C)cc1C.